The van der Waals surface area contributed by atoms with Gasteiger partial charge >= 0.3 is 0 Å². The van der Waals surface area contributed by atoms with Crippen molar-refractivity contribution < 1.29 is 0 Å². The van der Waals surface area contributed by atoms with Crippen LogP contribution >= 0.6 is 27.5 Å². The van der Waals surface area contributed by atoms with Crippen LogP contribution in [0, 0.1) is 5.41 Å². The SMILES string of the molecule is CC1(C)CCCN(c2ccc(CCl)cc2Br)CC1. The minimum absolute atomic E-state index is 0.483. The first-order chi connectivity index (χ1) is 8.52. The quantitative estimate of drug-likeness (QED) is 0.673. The first-order valence-corrected chi connectivity index (χ1v) is 7.94. The van der Waals surface area contributed by atoms with E-state index in [1.165, 1.54) is 35.0 Å². The molecule has 0 N–H and O–H groups in total. The summed E-state index contributed by atoms with van der Waals surface area (Å²) < 4.78 is 1.17. The van der Waals surface area contributed by atoms with Gasteiger partial charge in [-0.2, -0.15) is 0 Å². The second-order valence-corrected chi connectivity index (χ2v) is 7.05. The average Bonchev–Trinajstić information content (AvgIpc) is 2.50. The zero-order chi connectivity index (χ0) is 13.2. The van der Waals surface area contributed by atoms with Crippen molar-refractivity contribution in [3.05, 3.63) is 28.2 Å². The van der Waals surface area contributed by atoms with Gasteiger partial charge in [0.2, 0.25) is 0 Å². The smallest absolute Gasteiger partial charge is 0.0510 e. The molecule has 0 aliphatic carbocycles. The third-order valence-corrected chi connectivity index (χ3v) is 4.79. The lowest BCUT2D eigenvalue weighted by atomic mass is 9.85. The molecule has 0 spiro atoms. The standard InChI is InChI=1S/C15H21BrClN/c1-15(2)6-3-8-18(9-7-15)14-5-4-12(11-17)10-13(14)16/h4-5,10H,3,6-9,11H2,1-2H3. The third kappa shape index (κ3) is 3.42. The van der Waals surface area contributed by atoms with Crippen molar-refractivity contribution in [2.24, 2.45) is 5.41 Å². The maximum absolute atomic E-state index is 5.87. The Hall–Kier alpha value is -0.210. The van der Waals surface area contributed by atoms with Crippen LogP contribution in [0.4, 0.5) is 5.69 Å². The summed E-state index contributed by atoms with van der Waals surface area (Å²) in [5, 5.41) is 0. The van der Waals surface area contributed by atoms with Crippen LogP contribution < -0.4 is 4.90 Å². The van der Waals surface area contributed by atoms with E-state index in [2.05, 4.69) is 52.9 Å². The fraction of sp³-hybridized carbons (Fsp3) is 0.600. The van der Waals surface area contributed by atoms with Gasteiger partial charge in [0.15, 0.2) is 0 Å². The molecule has 0 radical (unpaired) electrons. The Kier molecular flexibility index (Phi) is 4.60. The lowest BCUT2D eigenvalue weighted by Gasteiger charge is -2.26. The summed E-state index contributed by atoms with van der Waals surface area (Å²) in [6.45, 7) is 7.05. The highest BCUT2D eigenvalue weighted by Gasteiger charge is 2.23. The Morgan fingerprint density at radius 3 is 2.72 bits per heavy atom. The summed E-state index contributed by atoms with van der Waals surface area (Å²) in [6.07, 6.45) is 3.86. The molecule has 0 unspecified atom stereocenters. The second-order valence-electron chi connectivity index (χ2n) is 5.92. The number of nitrogens with zero attached hydrogens (tertiary/aromatic N) is 1. The topological polar surface area (TPSA) is 3.24 Å². The van der Waals surface area contributed by atoms with E-state index in [1.807, 2.05) is 0 Å². The molecule has 0 saturated carbocycles. The van der Waals surface area contributed by atoms with Crippen LogP contribution in [-0.2, 0) is 5.88 Å². The van der Waals surface area contributed by atoms with Gasteiger partial charge in [0.25, 0.3) is 0 Å². The Morgan fingerprint density at radius 2 is 2.06 bits per heavy atom. The Balaban J connectivity index is 2.16. The Morgan fingerprint density at radius 1 is 1.28 bits per heavy atom. The van der Waals surface area contributed by atoms with Gasteiger partial charge in [0.05, 0.1) is 5.69 Å². The molecule has 3 heteroatoms. The van der Waals surface area contributed by atoms with E-state index in [0.717, 1.165) is 13.1 Å². The molecule has 18 heavy (non-hydrogen) atoms. The lowest BCUT2D eigenvalue weighted by molar-refractivity contribution is 0.325. The molecule has 1 aromatic rings. The summed E-state index contributed by atoms with van der Waals surface area (Å²) >= 11 is 9.54. The normalized spacial score (nSPS) is 19.7. The Labute approximate surface area is 124 Å². The number of benzene rings is 1. The summed E-state index contributed by atoms with van der Waals surface area (Å²) in [5.74, 6) is 0.575. The maximum Gasteiger partial charge on any atom is 0.0510 e. The van der Waals surface area contributed by atoms with Gasteiger partial charge in [0, 0.05) is 23.4 Å². The molecule has 1 fully saturated rings. The lowest BCUT2D eigenvalue weighted by Crippen LogP contribution is -2.25. The van der Waals surface area contributed by atoms with Crippen LogP contribution in [0.15, 0.2) is 22.7 Å². The predicted octanol–water partition coefficient (Wildman–Crippen LogP) is 5.20. The van der Waals surface area contributed by atoms with Gasteiger partial charge in [-0.1, -0.05) is 19.9 Å². The van der Waals surface area contributed by atoms with Gasteiger partial charge < -0.3 is 4.90 Å². The number of alkyl halides is 1. The molecular weight excluding hydrogens is 310 g/mol. The van der Waals surface area contributed by atoms with Gasteiger partial charge in [-0.15, -0.1) is 11.6 Å². The van der Waals surface area contributed by atoms with Crippen molar-refractivity contribution in [3.63, 3.8) is 0 Å². The summed E-state index contributed by atoms with van der Waals surface area (Å²) in [5.41, 5.74) is 2.96. The van der Waals surface area contributed by atoms with Crippen LogP contribution in [0.25, 0.3) is 0 Å². The van der Waals surface area contributed by atoms with E-state index < -0.39 is 0 Å². The number of hydrogen-bond acceptors (Lipinski definition) is 1. The van der Waals surface area contributed by atoms with Crippen molar-refractivity contribution >= 4 is 33.2 Å². The van der Waals surface area contributed by atoms with Crippen molar-refractivity contribution in [2.75, 3.05) is 18.0 Å². The summed E-state index contributed by atoms with van der Waals surface area (Å²) in [7, 11) is 0. The zero-order valence-corrected chi connectivity index (χ0v) is 13.5. The molecule has 1 saturated heterocycles. The first kappa shape index (κ1) is 14.2. The van der Waals surface area contributed by atoms with Gasteiger partial charge in [-0.25, -0.2) is 0 Å². The molecule has 0 bridgehead atoms. The molecule has 0 aromatic heterocycles. The van der Waals surface area contributed by atoms with Crippen LogP contribution in [-0.4, -0.2) is 13.1 Å². The average molecular weight is 331 g/mol. The molecule has 100 valence electrons. The van der Waals surface area contributed by atoms with Crippen LogP contribution in [0.1, 0.15) is 38.7 Å². The molecule has 1 aliphatic rings. The summed E-state index contributed by atoms with van der Waals surface area (Å²) in [6, 6.07) is 6.46. The largest absolute Gasteiger partial charge is 0.371 e. The molecule has 1 aromatic carbocycles. The minimum atomic E-state index is 0.483. The molecule has 1 aliphatic heterocycles. The highest BCUT2D eigenvalue weighted by Crippen LogP contribution is 2.34. The monoisotopic (exact) mass is 329 g/mol. The zero-order valence-electron chi connectivity index (χ0n) is 11.2. The third-order valence-electron chi connectivity index (χ3n) is 3.85. The van der Waals surface area contributed by atoms with Gasteiger partial charge in [-0.3, -0.25) is 0 Å². The molecular formula is C15H21BrClN. The van der Waals surface area contributed by atoms with E-state index in [9.17, 15) is 0 Å². The Bertz CT molecular complexity index is 417. The highest BCUT2D eigenvalue weighted by atomic mass is 79.9. The van der Waals surface area contributed by atoms with E-state index in [-0.39, 0.29) is 0 Å². The number of anilines is 1. The van der Waals surface area contributed by atoms with E-state index in [4.69, 9.17) is 11.6 Å². The number of rotatable bonds is 2. The first-order valence-electron chi connectivity index (χ1n) is 6.61. The van der Waals surface area contributed by atoms with Crippen molar-refractivity contribution in [1.82, 2.24) is 0 Å². The maximum atomic E-state index is 5.87. The highest BCUT2D eigenvalue weighted by molar-refractivity contribution is 9.10. The van der Waals surface area contributed by atoms with Crippen LogP contribution in [0.3, 0.4) is 0 Å². The van der Waals surface area contributed by atoms with Crippen molar-refractivity contribution in [1.29, 1.82) is 0 Å². The second kappa shape index (κ2) is 5.83. The minimum Gasteiger partial charge on any atom is -0.371 e. The number of hydrogen-bond donors (Lipinski definition) is 0. The van der Waals surface area contributed by atoms with Gasteiger partial charge in [-0.05, 0) is 58.3 Å². The van der Waals surface area contributed by atoms with Crippen LogP contribution in [0.5, 0.6) is 0 Å². The van der Waals surface area contributed by atoms with Crippen molar-refractivity contribution in [3.8, 4) is 0 Å². The van der Waals surface area contributed by atoms with E-state index in [0.29, 0.717) is 11.3 Å². The van der Waals surface area contributed by atoms with E-state index >= 15 is 0 Å². The molecule has 1 heterocycles. The molecule has 2 rings (SSSR count). The number of halogens is 2. The van der Waals surface area contributed by atoms with E-state index in [1.54, 1.807) is 0 Å². The summed E-state index contributed by atoms with van der Waals surface area (Å²) in [4.78, 5) is 2.50. The van der Waals surface area contributed by atoms with Crippen LogP contribution in [0.2, 0.25) is 0 Å². The molecule has 0 amide bonds. The fourth-order valence-corrected chi connectivity index (χ4v) is 3.40. The van der Waals surface area contributed by atoms with Gasteiger partial charge in [0.1, 0.15) is 0 Å². The van der Waals surface area contributed by atoms with Crippen molar-refractivity contribution in [2.45, 2.75) is 39.0 Å². The fourth-order valence-electron chi connectivity index (χ4n) is 2.55. The molecule has 0 atom stereocenters. The molecule has 1 nitrogen and oxygen atoms in total. The predicted molar refractivity (Wildman–Crippen MR) is 83.5 cm³/mol.